The molecule has 0 bridgehead atoms. The van der Waals surface area contributed by atoms with Gasteiger partial charge in [0.05, 0.1) is 17.7 Å². The molecule has 2 amide bonds. The number of methoxy groups -OCH3 is 1. The Morgan fingerprint density at radius 2 is 1.53 bits per heavy atom. The molecule has 0 aliphatic heterocycles. The number of hydrogen-bond acceptors (Lipinski definition) is 5. The molecule has 4 aromatic carbocycles. The topological polar surface area (TPSA) is 96.0 Å². The first-order valence-corrected chi connectivity index (χ1v) is 16.5. The van der Waals surface area contributed by atoms with Gasteiger partial charge in [-0.25, -0.2) is 8.42 Å². The van der Waals surface area contributed by atoms with Crippen molar-refractivity contribution in [1.29, 1.82) is 0 Å². The zero-order valence-electron chi connectivity index (χ0n) is 25.6. The zero-order chi connectivity index (χ0) is 32.4. The first kappa shape index (κ1) is 33.6. The summed E-state index contributed by atoms with van der Waals surface area (Å²) < 4.78 is 34.5. The molecule has 0 heterocycles. The number of sulfonamides is 1. The summed E-state index contributed by atoms with van der Waals surface area (Å²) in [7, 11) is -2.74. The van der Waals surface area contributed by atoms with Crippen LogP contribution >= 0.6 is 11.6 Å². The third kappa shape index (κ3) is 8.65. The van der Waals surface area contributed by atoms with Crippen LogP contribution in [0.2, 0.25) is 5.02 Å². The Bertz CT molecular complexity index is 1680. The number of carbonyl (C=O) groups excluding carboxylic acids is 2. The van der Waals surface area contributed by atoms with E-state index in [0.717, 1.165) is 27.4 Å². The van der Waals surface area contributed by atoms with E-state index in [4.69, 9.17) is 16.3 Å². The molecule has 0 saturated carbocycles. The minimum Gasteiger partial charge on any atom is -0.497 e. The highest BCUT2D eigenvalue weighted by Crippen LogP contribution is 2.27. The summed E-state index contributed by atoms with van der Waals surface area (Å²) in [6, 6.07) is 28.4. The maximum atomic E-state index is 14.5. The van der Waals surface area contributed by atoms with Crippen molar-refractivity contribution in [2.75, 3.05) is 24.5 Å². The Balaban J connectivity index is 1.80. The van der Waals surface area contributed by atoms with Crippen LogP contribution in [0, 0.1) is 6.92 Å². The van der Waals surface area contributed by atoms with Crippen LogP contribution in [-0.2, 0) is 32.6 Å². The Labute approximate surface area is 270 Å². The molecule has 10 heteroatoms. The Hall–Kier alpha value is -4.34. The number of anilines is 1. The van der Waals surface area contributed by atoms with E-state index in [9.17, 15) is 18.0 Å². The van der Waals surface area contributed by atoms with Gasteiger partial charge in [0.15, 0.2) is 0 Å². The average molecular weight is 648 g/mol. The molecule has 1 atom stereocenters. The van der Waals surface area contributed by atoms with E-state index in [-0.39, 0.29) is 29.5 Å². The summed E-state index contributed by atoms with van der Waals surface area (Å²) in [6.45, 7) is 3.90. The van der Waals surface area contributed by atoms with E-state index < -0.39 is 28.5 Å². The van der Waals surface area contributed by atoms with Gasteiger partial charge in [0.25, 0.3) is 10.0 Å². The van der Waals surface area contributed by atoms with Crippen molar-refractivity contribution >= 4 is 39.1 Å². The molecule has 0 radical (unpaired) electrons. The summed E-state index contributed by atoms with van der Waals surface area (Å²) in [6.07, 6.45) is 0.972. The van der Waals surface area contributed by atoms with Crippen LogP contribution < -0.4 is 14.4 Å². The van der Waals surface area contributed by atoms with E-state index in [1.165, 1.54) is 24.1 Å². The fraction of sp³-hybridized carbons (Fsp3) is 0.257. The zero-order valence-corrected chi connectivity index (χ0v) is 27.2. The van der Waals surface area contributed by atoms with Gasteiger partial charge in [-0.05, 0) is 78.6 Å². The van der Waals surface area contributed by atoms with Crippen molar-refractivity contribution in [3.63, 3.8) is 0 Å². The number of rotatable bonds is 14. The van der Waals surface area contributed by atoms with Crippen LogP contribution in [0.4, 0.5) is 5.69 Å². The van der Waals surface area contributed by atoms with Crippen molar-refractivity contribution in [2.45, 2.75) is 44.2 Å². The Morgan fingerprint density at radius 3 is 2.16 bits per heavy atom. The second-order valence-electron chi connectivity index (χ2n) is 10.6. The van der Waals surface area contributed by atoms with Crippen LogP contribution in [0.15, 0.2) is 108 Å². The lowest BCUT2D eigenvalue weighted by molar-refractivity contribution is -0.140. The van der Waals surface area contributed by atoms with Crippen LogP contribution in [0.5, 0.6) is 5.75 Å². The maximum Gasteiger partial charge on any atom is 0.264 e. The lowest BCUT2D eigenvalue weighted by atomic mass is 10.0. The first-order valence-electron chi connectivity index (χ1n) is 14.7. The van der Waals surface area contributed by atoms with Crippen molar-refractivity contribution < 1.29 is 22.7 Å². The number of aryl methyl sites for hydroxylation is 1. The number of carbonyl (C=O) groups is 2. The minimum absolute atomic E-state index is 0.0157. The van der Waals surface area contributed by atoms with Crippen molar-refractivity contribution in [1.82, 2.24) is 10.2 Å². The molecule has 236 valence electrons. The normalized spacial score (nSPS) is 11.8. The minimum atomic E-state index is -4.23. The van der Waals surface area contributed by atoms with Crippen LogP contribution in [0.3, 0.4) is 0 Å². The third-order valence-electron chi connectivity index (χ3n) is 7.46. The molecule has 0 saturated heterocycles. The van der Waals surface area contributed by atoms with Gasteiger partial charge in [-0.3, -0.25) is 13.9 Å². The molecular formula is C35H38ClN3O5S. The molecule has 0 fully saturated rings. The van der Waals surface area contributed by atoms with Gasteiger partial charge in [0.1, 0.15) is 18.3 Å². The molecule has 0 aromatic heterocycles. The highest BCUT2D eigenvalue weighted by atomic mass is 35.5. The molecule has 4 aromatic rings. The molecule has 0 spiro atoms. The highest BCUT2D eigenvalue weighted by Gasteiger charge is 2.34. The third-order valence-corrected chi connectivity index (χ3v) is 9.50. The second kappa shape index (κ2) is 15.6. The van der Waals surface area contributed by atoms with E-state index >= 15 is 0 Å². The van der Waals surface area contributed by atoms with Gasteiger partial charge in [-0.15, -0.1) is 0 Å². The highest BCUT2D eigenvalue weighted by molar-refractivity contribution is 7.92. The van der Waals surface area contributed by atoms with Crippen molar-refractivity contribution in [2.24, 2.45) is 0 Å². The number of nitrogens with zero attached hydrogens (tertiary/aromatic N) is 2. The number of nitrogens with one attached hydrogen (secondary N) is 1. The van der Waals surface area contributed by atoms with Gasteiger partial charge >= 0.3 is 0 Å². The van der Waals surface area contributed by atoms with Crippen molar-refractivity contribution in [3.8, 4) is 5.75 Å². The van der Waals surface area contributed by atoms with Crippen LogP contribution in [0.25, 0.3) is 0 Å². The predicted octanol–water partition coefficient (Wildman–Crippen LogP) is 6.02. The fourth-order valence-electron chi connectivity index (χ4n) is 4.90. The maximum absolute atomic E-state index is 14.5. The average Bonchev–Trinajstić information content (AvgIpc) is 3.05. The molecular weight excluding hydrogens is 610 g/mol. The number of ether oxygens (including phenoxy) is 1. The number of halogens is 1. The van der Waals surface area contributed by atoms with E-state index in [0.29, 0.717) is 17.3 Å². The predicted molar refractivity (Wildman–Crippen MR) is 178 cm³/mol. The van der Waals surface area contributed by atoms with E-state index in [1.807, 2.05) is 68.4 Å². The number of hydrogen-bond donors (Lipinski definition) is 1. The van der Waals surface area contributed by atoms with Gasteiger partial charge < -0.3 is 15.0 Å². The van der Waals surface area contributed by atoms with Crippen LogP contribution in [-0.4, -0.2) is 51.4 Å². The van der Waals surface area contributed by atoms with Gasteiger partial charge in [-0.1, -0.05) is 73.1 Å². The Morgan fingerprint density at radius 1 is 0.889 bits per heavy atom. The summed E-state index contributed by atoms with van der Waals surface area (Å²) in [5.74, 6) is -0.342. The quantitative estimate of drug-likeness (QED) is 0.181. The SMILES string of the molecule is CCCNC(=O)[C@H](Cc1ccccc1)N(Cc1ccccc1C)C(=O)CN(c1ccc(Cl)cc1)S(=O)(=O)c1ccc(OC)cc1. The molecule has 45 heavy (non-hydrogen) atoms. The fourth-order valence-corrected chi connectivity index (χ4v) is 6.44. The molecule has 0 aliphatic rings. The van der Waals surface area contributed by atoms with Gasteiger partial charge in [0, 0.05) is 24.5 Å². The second-order valence-corrected chi connectivity index (χ2v) is 12.9. The van der Waals surface area contributed by atoms with Crippen LogP contribution in [0.1, 0.15) is 30.0 Å². The first-order chi connectivity index (χ1) is 21.6. The summed E-state index contributed by atoms with van der Waals surface area (Å²) in [5, 5.41) is 3.38. The molecule has 8 nitrogen and oxygen atoms in total. The van der Waals surface area contributed by atoms with E-state index in [1.54, 1.807) is 36.4 Å². The largest absolute Gasteiger partial charge is 0.497 e. The molecule has 0 aliphatic carbocycles. The summed E-state index contributed by atoms with van der Waals surface area (Å²) in [5.41, 5.74) is 2.93. The number of benzene rings is 4. The lowest BCUT2D eigenvalue weighted by Gasteiger charge is -2.34. The molecule has 1 N–H and O–H groups in total. The lowest BCUT2D eigenvalue weighted by Crippen LogP contribution is -2.53. The Kier molecular flexibility index (Phi) is 11.6. The van der Waals surface area contributed by atoms with Crippen molar-refractivity contribution in [3.05, 3.63) is 125 Å². The monoisotopic (exact) mass is 647 g/mol. The van der Waals surface area contributed by atoms with E-state index in [2.05, 4.69) is 5.32 Å². The molecule has 0 unspecified atom stereocenters. The molecule has 4 rings (SSSR count). The summed E-state index contributed by atoms with van der Waals surface area (Å²) in [4.78, 5) is 29.7. The summed E-state index contributed by atoms with van der Waals surface area (Å²) >= 11 is 6.14. The standard InChI is InChI=1S/C35H38ClN3O5S/c1-4-22-37-35(41)33(23-27-11-6-5-7-12-27)38(24-28-13-9-8-10-26(28)2)34(40)25-39(30-16-14-29(36)15-17-30)45(42,43)32-20-18-31(44-3)19-21-32/h5-21,33H,4,22-25H2,1-3H3,(H,37,41)/t33-/m0/s1. The smallest absolute Gasteiger partial charge is 0.264 e. The number of amides is 2. The van der Waals surface area contributed by atoms with Gasteiger partial charge in [-0.2, -0.15) is 0 Å². The van der Waals surface area contributed by atoms with Gasteiger partial charge in [0.2, 0.25) is 11.8 Å².